The lowest BCUT2D eigenvalue weighted by molar-refractivity contribution is -0.134. The van der Waals surface area contributed by atoms with Gasteiger partial charge in [0.25, 0.3) is 0 Å². The Morgan fingerprint density at radius 3 is 2.67 bits per heavy atom. The topological polar surface area (TPSA) is 90.7 Å². The second-order valence-corrected chi connectivity index (χ2v) is 5.30. The van der Waals surface area contributed by atoms with E-state index in [1.54, 1.807) is 19.4 Å². The zero-order valence-corrected chi connectivity index (χ0v) is 12.6. The number of rotatable bonds is 6. The average molecular weight is 296 g/mol. The van der Waals surface area contributed by atoms with Crippen molar-refractivity contribution in [3.05, 3.63) is 18.0 Å². The van der Waals surface area contributed by atoms with Crippen LogP contribution in [0.2, 0.25) is 0 Å². The number of hydrogen-bond acceptors (Lipinski definition) is 7. The monoisotopic (exact) mass is 296 g/mol. The Hall–Kier alpha value is -1.28. The first-order valence-electron chi connectivity index (χ1n) is 7.32. The van der Waals surface area contributed by atoms with Gasteiger partial charge in [0, 0.05) is 31.5 Å². The molecule has 3 N–H and O–H groups in total. The minimum atomic E-state index is -0.828. The molecule has 21 heavy (non-hydrogen) atoms. The Labute approximate surface area is 125 Å². The number of ether oxygens (including phenoxy) is 1. The van der Waals surface area contributed by atoms with Crippen molar-refractivity contribution in [3.63, 3.8) is 0 Å². The van der Waals surface area contributed by atoms with Crippen LogP contribution >= 0.6 is 0 Å². The van der Waals surface area contributed by atoms with Crippen LogP contribution in [0.3, 0.4) is 0 Å². The first-order chi connectivity index (χ1) is 10.2. The SMILES string of the molecule is CCCN(Cc1cnc(NC)nc1)[C@@H]1COC[C@@H](O)[C@H]1O. The maximum Gasteiger partial charge on any atom is 0.222 e. The first kappa shape index (κ1) is 16.1. The second kappa shape index (κ2) is 7.65. The highest BCUT2D eigenvalue weighted by Crippen LogP contribution is 2.18. The second-order valence-electron chi connectivity index (χ2n) is 5.30. The van der Waals surface area contributed by atoms with Crippen molar-refractivity contribution in [1.82, 2.24) is 14.9 Å². The zero-order chi connectivity index (χ0) is 15.2. The summed E-state index contributed by atoms with van der Waals surface area (Å²) in [6.45, 7) is 4.13. The summed E-state index contributed by atoms with van der Waals surface area (Å²) < 4.78 is 5.37. The van der Waals surface area contributed by atoms with Gasteiger partial charge in [-0.05, 0) is 13.0 Å². The van der Waals surface area contributed by atoms with Gasteiger partial charge in [-0.3, -0.25) is 4.90 Å². The van der Waals surface area contributed by atoms with Crippen molar-refractivity contribution in [2.24, 2.45) is 0 Å². The fraction of sp³-hybridized carbons (Fsp3) is 0.714. The highest BCUT2D eigenvalue weighted by atomic mass is 16.5. The summed E-state index contributed by atoms with van der Waals surface area (Å²) in [6, 6.07) is -0.210. The minimum absolute atomic E-state index is 0.192. The summed E-state index contributed by atoms with van der Waals surface area (Å²) in [5.41, 5.74) is 0.967. The van der Waals surface area contributed by atoms with E-state index in [0.717, 1.165) is 18.5 Å². The molecule has 0 radical (unpaired) electrons. The highest BCUT2D eigenvalue weighted by Gasteiger charge is 2.35. The predicted molar refractivity (Wildman–Crippen MR) is 78.9 cm³/mol. The average Bonchev–Trinajstić information content (AvgIpc) is 2.50. The number of aliphatic hydroxyl groups excluding tert-OH is 2. The van der Waals surface area contributed by atoms with Crippen molar-refractivity contribution in [2.75, 3.05) is 32.1 Å². The molecular formula is C14H24N4O3. The van der Waals surface area contributed by atoms with Gasteiger partial charge in [-0.1, -0.05) is 6.92 Å². The minimum Gasteiger partial charge on any atom is -0.389 e. The molecule has 0 bridgehead atoms. The molecule has 0 aromatic carbocycles. The molecular weight excluding hydrogens is 272 g/mol. The summed E-state index contributed by atoms with van der Waals surface area (Å²) in [4.78, 5) is 10.5. The predicted octanol–water partition coefficient (Wildman–Crippen LogP) is -0.149. The Bertz CT molecular complexity index is 429. The van der Waals surface area contributed by atoms with Gasteiger partial charge >= 0.3 is 0 Å². The number of hydrogen-bond donors (Lipinski definition) is 3. The Balaban J connectivity index is 2.06. The van der Waals surface area contributed by atoms with Crippen molar-refractivity contribution in [1.29, 1.82) is 0 Å². The fourth-order valence-corrected chi connectivity index (χ4v) is 2.53. The summed E-state index contributed by atoms with van der Waals surface area (Å²) in [7, 11) is 1.77. The van der Waals surface area contributed by atoms with E-state index < -0.39 is 12.2 Å². The molecule has 1 aliphatic rings. The van der Waals surface area contributed by atoms with E-state index in [1.807, 2.05) is 0 Å². The van der Waals surface area contributed by atoms with Gasteiger partial charge in [-0.2, -0.15) is 0 Å². The van der Waals surface area contributed by atoms with Crippen LogP contribution in [0, 0.1) is 0 Å². The molecule has 0 aliphatic carbocycles. The van der Waals surface area contributed by atoms with Gasteiger partial charge in [0.05, 0.1) is 25.4 Å². The molecule has 0 saturated carbocycles. The lowest BCUT2D eigenvalue weighted by Gasteiger charge is -2.39. The summed E-state index contributed by atoms with van der Waals surface area (Å²) in [6.07, 6.45) is 2.88. The molecule has 118 valence electrons. The van der Waals surface area contributed by atoms with E-state index in [4.69, 9.17) is 4.74 Å². The van der Waals surface area contributed by atoms with Crippen LogP contribution in [-0.4, -0.2) is 70.1 Å². The Morgan fingerprint density at radius 1 is 1.33 bits per heavy atom. The molecule has 1 aromatic heterocycles. The van der Waals surface area contributed by atoms with E-state index in [-0.39, 0.29) is 12.6 Å². The quantitative estimate of drug-likeness (QED) is 0.672. The molecule has 2 rings (SSSR count). The van der Waals surface area contributed by atoms with E-state index >= 15 is 0 Å². The van der Waals surface area contributed by atoms with Gasteiger partial charge in [0.2, 0.25) is 5.95 Å². The van der Waals surface area contributed by atoms with Gasteiger partial charge in [0.1, 0.15) is 6.10 Å². The third-order valence-electron chi connectivity index (χ3n) is 3.66. The normalized spacial score (nSPS) is 26.0. The van der Waals surface area contributed by atoms with Crippen molar-refractivity contribution >= 4 is 5.95 Å². The van der Waals surface area contributed by atoms with Crippen LogP contribution in [0.5, 0.6) is 0 Å². The van der Waals surface area contributed by atoms with Gasteiger partial charge in [-0.25, -0.2) is 9.97 Å². The van der Waals surface area contributed by atoms with Crippen LogP contribution in [0.1, 0.15) is 18.9 Å². The Kier molecular flexibility index (Phi) is 5.86. The summed E-state index contributed by atoms with van der Waals surface area (Å²) in [5, 5.41) is 22.8. The number of anilines is 1. The number of nitrogens with one attached hydrogen (secondary N) is 1. The highest BCUT2D eigenvalue weighted by molar-refractivity contribution is 5.23. The van der Waals surface area contributed by atoms with E-state index in [0.29, 0.717) is 19.1 Å². The lowest BCUT2D eigenvalue weighted by Crippen LogP contribution is -2.55. The van der Waals surface area contributed by atoms with Crippen LogP contribution in [0.15, 0.2) is 12.4 Å². The first-order valence-corrected chi connectivity index (χ1v) is 7.32. The van der Waals surface area contributed by atoms with Crippen LogP contribution in [0.4, 0.5) is 5.95 Å². The van der Waals surface area contributed by atoms with Gasteiger partial charge in [-0.15, -0.1) is 0 Å². The molecule has 0 amide bonds. The molecule has 7 heteroatoms. The number of aliphatic hydroxyl groups is 2. The van der Waals surface area contributed by atoms with Gasteiger partial charge < -0.3 is 20.3 Å². The summed E-state index contributed by atoms with van der Waals surface area (Å²) in [5.74, 6) is 0.581. The number of nitrogens with zero attached hydrogens (tertiary/aromatic N) is 3. The smallest absolute Gasteiger partial charge is 0.222 e. The molecule has 1 aliphatic heterocycles. The molecule has 2 heterocycles. The zero-order valence-electron chi connectivity index (χ0n) is 12.6. The molecule has 1 aromatic rings. The van der Waals surface area contributed by atoms with Crippen molar-refractivity contribution < 1.29 is 14.9 Å². The molecule has 0 spiro atoms. The lowest BCUT2D eigenvalue weighted by atomic mass is 10.0. The fourth-order valence-electron chi connectivity index (χ4n) is 2.53. The Morgan fingerprint density at radius 2 is 2.05 bits per heavy atom. The van der Waals surface area contributed by atoms with Crippen LogP contribution in [0.25, 0.3) is 0 Å². The number of aromatic nitrogens is 2. The third kappa shape index (κ3) is 4.10. The standard InChI is InChI=1S/C14H24N4O3/c1-3-4-18(11-8-21-9-12(19)13(11)20)7-10-5-16-14(15-2)17-6-10/h5-6,11-13,19-20H,3-4,7-9H2,1-2H3,(H,15,16,17)/t11-,12-,13+/m1/s1. The van der Waals surface area contributed by atoms with Crippen LogP contribution < -0.4 is 5.32 Å². The van der Waals surface area contributed by atoms with Crippen molar-refractivity contribution in [2.45, 2.75) is 38.1 Å². The van der Waals surface area contributed by atoms with Crippen LogP contribution in [-0.2, 0) is 11.3 Å². The van der Waals surface area contributed by atoms with Crippen molar-refractivity contribution in [3.8, 4) is 0 Å². The molecule has 7 nitrogen and oxygen atoms in total. The molecule has 3 atom stereocenters. The maximum absolute atomic E-state index is 10.2. The largest absolute Gasteiger partial charge is 0.389 e. The maximum atomic E-state index is 10.2. The van der Waals surface area contributed by atoms with Gasteiger partial charge in [0.15, 0.2) is 0 Å². The molecule has 1 fully saturated rings. The third-order valence-corrected chi connectivity index (χ3v) is 3.66. The molecule has 0 unspecified atom stereocenters. The molecule has 1 saturated heterocycles. The van der Waals surface area contributed by atoms with E-state index in [2.05, 4.69) is 27.1 Å². The van der Waals surface area contributed by atoms with E-state index in [1.165, 1.54) is 0 Å². The van der Waals surface area contributed by atoms with E-state index in [9.17, 15) is 10.2 Å². The summed E-state index contributed by atoms with van der Waals surface area (Å²) >= 11 is 0.